The van der Waals surface area contributed by atoms with Crippen molar-refractivity contribution in [2.24, 2.45) is 0 Å². The molecule has 1 aromatic heterocycles. The molecule has 0 spiro atoms. The quantitative estimate of drug-likeness (QED) is 0.210. The van der Waals surface area contributed by atoms with E-state index in [1.807, 2.05) is 12.4 Å². The Morgan fingerprint density at radius 1 is 0.525 bits per heavy atom. The average molecular weight is 512 g/mol. The second-order valence-electron chi connectivity index (χ2n) is 11.7. The molecule has 1 heterocycles. The molecule has 0 aliphatic heterocycles. The normalized spacial score (nSPS) is 13.6. The van der Waals surface area contributed by atoms with Crippen LogP contribution in [0.15, 0.2) is 122 Å². The molecule has 1 aliphatic rings. The van der Waals surface area contributed by atoms with E-state index in [0.29, 0.717) is 0 Å². The lowest BCUT2D eigenvalue weighted by Gasteiger charge is -2.23. The van der Waals surface area contributed by atoms with E-state index in [9.17, 15) is 0 Å². The van der Waals surface area contributed by atoms with E-state index in [-0.39, 0.29) is 5.41 Å². The van der Waals surface area contributed by atoms with Crippen LogP contribution in [0, 0.1) is 6.92 Å². The Balaban J connectivity index is 1.43. The van der Waals surface area contributed by atoms with Gasteiger partial charge in [-0.1, -0.05) is 110 Å². The lowest BCUT2D eigenvalue weighted by Crippen LogP contribution is -2.14. The van der Waals surface area contributed by atoms with Gasteiger partial charge in [-0.15, -0.1) is 0 Å². The Hall–Kier alpha value is -4.75. The summed E-state index contributed by atoms with van der Waals surface area (Å²) >= 11 is 0. The standard InChI is InChI=1S/C39H29N/c1-24-12-13-26-21-27(15-14-25(26)20-24)38-32-10-5-4-9-31(32)37(33-18-19-40-23-34(33)38)28-16-17-30-29-8-6-7-11-35(29)39(2,3)36(30)22-28/h4-23H,1-3H3. The molecule has 0 radical (unpaired) electrons. The van der Waals surface area contributed by atoms with Crippen LogP contribution in [0.1, 0.15) is 30.5 Å². The van der Waals surface area contributed by atoms with Crippen molar-refractivity contribution >= 4 is 32.3 Å². The monoisotopic (exact) mass is 511 g/mol. The number of fused-ring (bicyclic) bond motifs is 6. The van der Waals surface area contributed by atoms with Gasteiger partial charge in [0.15, 0.2) is 0 Å². The van der Waals surface area contributed by atoms with Gasteiger partial charge in [0.2, 0.25) is 0 Å². The molecular formula is C39H29N. The summed E-state index contributed by atoms with van der Waals surface area (Å²) < 4.78 is 0. The van der Waals surface area contributed by atoms with Crippen LogP contribution in [0.4, 0.5) is 0 Å². The maximum atomic E-state index is 4.62. The molecular weight excluding hydrogens is 482 g/mol. The van der Waals surface area contributed by atoms with Gasteiger partial charge in [-0.3, -0.25) is 4.98 Å². The third-order valence-electron chi connectivity index (χ3n) is 8.98. The molecule has 8 rings (SSSR count). The topological polar surface area (TPSA) is 12.9 Å². The zero-order chi connectivity index (χ0) is 27.0. The number of benzene rings is 6. The third-order valence-corrected chi connectivity index (χ3v) is 8.98. The number of pyridine rings is 1. The fraction of sp³-hybridized carbons (Fsp3) is 0.103. The van der Waals surface area contributed by atoms with Gasteiger partial charge >= 0.3 is 0 Å². The lowest BCUT2D eigenvalue weighted by molar-refractivity contribution is 0.660. The molecule has 1 aliphatic carbocycles. The molecule has 0 unspecified atom stereocenters. The van der Waals surface area contributed by atoms with Crippen LogP contribution < -0.4 is 0 Å². The van der Waals surface area contributed by atoms with E-state index in [2.05, 4.69) is 135 Å². The first kappa shape index (κ1) is 23.2. The molecule has 0 amide bonds. The summed E-state index contributed by atoms with van der Waals surface area (Å²) in [5, 5.41) is 7.48. The summed E-state index contributed by atoms with van der Waals surface area (Å²) in [6.07, 6.45) is 3.98. The zero-order valence-corrected chi connectivity index (χ0v) is 23.0. The van der Waals surface area contributed by atoms with Crippen molar-refractivity contribution in [3.63, 3.8) is 0 Å². The van der Waals surface area contributed by atoms with Crippen molar-refractivity contribution in [2.75, 3.05) is 0 Å². The van der Waals surface area contributed by atoms with Gasteiger partial charge in [-0.25, -0.2) is 0 Å². The summed E-state index contributed by atoms with van der Waals surface area (Å²) in [7, 11) is 0. The van der Waals surface area contributed by atoms with Crippen molar-refractivity contribution < 1.29 is 0 Å². The number of rotatable bonds is 2. The number of hydrogen-bond donors (Lipinski definition) is 0. The predicted octanol–water partition coefficient (Wildman–Crippen LogP) is 10.5. The summed E-state index contributed by atoms with van der Waals surface area (Å²) in [5.41, 5.74) is 11.8. The lowest BCUT2D eigenvalue weighted by atomic mass is 9.80. The fourth-order valence-electron chi connectivity index (χ4n) is 7.02. The Morgan fingerprint density at radius 2 is 1.15 bits per heavy atom. The van der Waals surface area contributed by atoms with Gasteiger partial charge in [0.05, 0.1) is 0 Å². The van der Waals surface area contributed by atoms with Crippen LogP contribution in [0.25, 0.3) is 65.7 Å². The van der Waals surface area contributed by atoms with Crippen LogP contribution >= 0.6 is 0 Å². The first-order valence-electron chi connectivity index (χ1n) is 14.0. The fourth-order valence-corrected chi connectivity index (χ4v) is 7.02. The molecule has 0 atom stereocenters. The average Bonchev–Trinajstić information content (AvgIpc) is 3.21. The first-order valence-corrected chi connectivity index (χ1v) is 14.0. The minimum Gasteiger partial charge on any atom is -0.264 e. The van der Waals surface area contributed by atoms with E-state index in [4.69, 9.17) is 0 Å². The molecule has 0 N–H and O–H groups in total. The maximum absolute atomic E-state index is 4.62. The van der Waals surface area contributed by atoms with Crippen molar-refractivity contribution in [1.29, 1.82) is 0 Å². The highest BCUT2D eigenvalue weighted by Crippen LogP contribution is 2.51. The van der Waals surface area contributed by atoms with Crippen LogP contribution in [0.2, 0.25) is 0 Å². The number of aryl methyl sites for hydroxylation is 1. The van der Waals surface area contributed by atoms with Crippen molar-refractivity contribution in [3.05, 3.63) is 138 Å². The van der Waals surface area contributed by atoms with Crippen LogP contribution in [-0.4, -0.2) is 4.98 Å². The van der Waals surface area contributed by atoms with Crippen LogP contribution in [-0.2, 0) is 5.41 Å². The van der Waals surface area contributed by atoms with Gasteiger partial charge in [0, 0.05) is 23.2 Å². The molecule has 190 valence electrons. The Labute approximate surface area is 234 Å². The summed E-state index contributed by atoms with van der Waals surface area (Å²) in [4.78, 5) is 4.62. The van der Waals surface area contributed by atoms with E-state index in [1.165, 1.54) is 82.4 Å². The molecule has 6 aromatic carbocycles. The zero-order valence-electron chi connectivity index (χ0n) is 23.0. The highest BCUT2D eigenvalue weighted by atomic mass is 14.6. The highest BCUT2D eigenvalue weighted by molar-refractivity contribution is 6.21. The van der Waals surface area contributed by atoms with Crippen molar-refractivity contribution in [1.82, 2.24) is 4.98 Å². The number of aromatic nitrogens is 1. The maximum Gasteiger partial charge on any atom is 0.0353 e. The number of nitrogens with zero attached hydrogens (tertiary/aromatic N) is 1. The SMILES string of the molecule is Cc1ccc2cc(-c3c4ccccc4c(-c4ccc5c(c4)C(C)(C)c4ccccc4-5)c4ccncc34)ccc2c1. The Morgan fingerprint density at radius 3 is 2.00 bits per heavy atom. The number of hydrogen-bond acceptors (Lipinski definition) is 1. The van der Waals surface area contributed by atoms with E-state index >= 15 is 0 Å². The third kappa shape index (κ3) is 3.24. The molecule has 0 bridgehead atoms. The second-order valence-corrected chi connectivity index (χ2v) is 11.7. The summed E-state index contributed by atoms with van der Waals surface area (Å²) in [6.45, 7) is 6.86. The Kier molecular flexibility index (Phi) is 4.85. The van der Waals surface area contributed by atoms with Crippen LogP contribution in [0.3, 0.4) is 0 Å². The summed E-state index contributed by atoms with van der Waals surface area (Å²) in [5.74, 6) is 0. The molecule has 1 nitrogen and oxygen atoms in total. The van der Waals surface area contributed by atoms with Crippen molar-refractivity contribution in [2.45, 2.75) is 26.2 Å². The van der Waals surface area contributed by atoms with Crippen LogP contribution in [0.5, 0.6) is 0 Å². The molecule has 0 saturated heterocycles. The molecule has 1 heteroatoms. The van der Waals surface area contributed by atoms with Gasteiger partial charge in [0.1, 0.15) is 0 Å². The highest BCUT2D eigenvalue weighted by Gasteiger charge is 2.35. The first-order chi connectivity index (χ1) is 19.5. The molecule has 0 fully saturated rings. The largest absolute Gasteiger partial charge is 0.264 e. The van der Waals surface area contributed by atoms with E-state index in [0.717, 1.165) is 0 Å². The van der Waals surface area contributed by atoms with Gasteiger partial charge < -0.3 is 0 Å². The van der Waals surface area contributed by atoms with E-state index in [1.54, 1.807) is 0 Å². The minimum atomic E-state index is -0.0432. The Bertz CT molecular complexity index is 2090. The van der Waals surface area contributed by atoms with E-state index < -0.39 is 0 Å². The predicted molar refractivity (Wildman–Crippen MR) is 170 cm³/mol. The van der Waals surface area contributed by atoms with Gasteiger partial charge in [-0.05, 0) is 96.6 Å². The second kappa shape index (κ2) is 8.37. The summed E-state index contributed by atoms with van der Waals surface area (Å²) in [6, 6.07) is 40.6. The minimum absolute atomic E-state index is 0.0432. The van der Waals surface area contributed by atoms with Crippen molar-refractivity contribution in [3.8, 4) is 33.4 Å². The smallest absolute Gasteiger partial charge is 0.0353 e. The van der Waals surface area contributed by atoms with Gasteiger partial charge in [0.25, 0.3) is 0 Å². The molecule has 7 aromatic rings. The molecule has 0 saturated carbocycles. The molecule has 40 heavy (non-hydrogen) atoms. The van der Waals surface area contributed by atoms with Gasteiger partial charge in [-0.2, -0.15) is 0 Å².